The first-order valence-corrected chi connectivity index (χ1v) is 4.48. The van der Waals surface area contributed by atoms with E-state index in [0.29, 0.717) is 12.3 Å². The number of nitrogens with one attached hydrogen (secondary N) is 1. The molecular weight excluding hydrogens is 184 g/mol. The van der Waals surface area contributed by atoms with Crippen LogP contribution in [0.2, 0.25) is 0 Å². The van der Waals surface area contributed by atoms with Crippen molar-refractivity contribution >= 4 is 11.7 Å². The number of carbonyl (C=O) groups is 1. The standard InChI is InChI=1S/C9H14N2O3/c1-2-14-9(13)6-11-4-3-7(10)5-8(11)12/h3-4,8,10,12H,2,5-6H2,1H3. The molecule has 0 saturated carbocycles. The smallest absolute Gasteiger partial charge is 0.325 e. The molecule has 0 saturated heterocycles. The van der Waals surface area contributed by atoms with E-state index in [1.165, 1.54) is 11.1 Å². The van der Waals surface area contributed by atoms with E-state index in [-0.39, 0.29) is 18.9 Å². The minimum Gasteiger partial charge on any atom is -0.465 e. The quantitative estimate of drug-likeness (QED) is 0.631. The topological polar surface area (TPSA) is 73.6 Å². The molecule has 2 N–H and O–H groups in total. The van der Waals surface area contributed by atoms with Gasteiger partial charge in [-0.05, 0) is 13.0 Å². The molecule has 0 amide bonds. The van der Waals surface area contributed by atoms with Crippen LogP contribution in [0.1, 0.15) is 13.3 Å². The first kappa shape index (κ1) is 10.7. The fraction of sp³-hybridized carbons (Fsp3) is 0.556. The average Bonchev–Trinajstić information content (AvgIpc) is 2.10. The lowest BCUT2D eigenvalue weighted by Crippen LogP contribution is -2.39. The number of aliphatic hydroxyl groups excluding tert-OH is 1. The summed E-state index contributed by atoms with van der Waals surface area (Å²) < 4.78 is 4.74. The number of esters is 1. The molecule has 78 valence electrons. The van der Waals surface area contributed by atoms with Crippen molar-refractivity contribution in [3.05, 3.63) is 12.3 Å². The minimum atomic E-state index is -0.795. The predicted molar refractivity (Wildman–Crippen MR) is 50.8 cm³/mol. The molecule has 0 aromatic carbocycles. The zero-order chi connectivity index (χ0) is 10.6. The highest BCUT2D eigenvalue weighted by atomic mass is 16.5. The molecule has 1 heterocycles. The SMILES string of the molecule is CCOC(=O)CN1C=CC(=N)CC1O. The van der Waals surface area contributed by atoms with Gasteiger partial charge in [-0.25, -0.2) is 0 Å². The van der Waals surface area contributed by atoms with Gasteiger partial charge in [-0.3, -0.25) is 4.79 Å². The normalized spacial score (nSPS) is 21.1. The number of rotatable bonds is 3. The Morgan fingerprint density at radius 2 is 2.57 bits per heavy atom. The van der Waals surface area contributed by atoms with E-state index in [1.807, 2.05) is 0 Å². The van der Waals surface area contributed by atoms with Crippen molar-refractivity contribution in [1.29, 1.82) is 5.41 Å². The van der Waals surface area contributed by atoms with E-state index >= 15 is 0 Å². The molecule has 0 aromatic rings. The number of hydrogen-bond donors (Lipinski definition) is 2. The van der Waals surface area contributed by atoms with Gasteiger partial charge >= 0.3 is 5.97 Å². The summed E-state index contributed by atoms with van der Waals surface area (Å²) in [6.07, 6.45) is 2.55. The van der Waals surface area contributed by atoms with Gasteiger partial charge in [-0.2, -0.15) is 0 Å². The fourth-order valence-electron chi connectivity index (χ4n) is 1.18. The second-order valence-electron chi connectivity index (χ2n) is 3.00. The van der Waals surface area contributed by atoms with Crippen LogP contribution in [0, 0.1) is 5.41 Å². The number of hydrogen-bond acceptors (Lipinski definition) is 5. The Kier molecular flexibility index (Phi) is 3.64. The number of carbonyl (C=O) groups excluding carboxylic acids is 1. The van der Waals surface area contributed by atoms with Gasteiger partial charge in [0.1, 0.15) is 12.8 Å². The molecule has 1 rings (SSSR count). The summed E-state index contributed by atoms with van der Waals surface area (Å²) in [6, 6.07) is 0. The third-order valence-corrected chi connectivity index (χ3v) is 1.87. The monoisotopic (exact) mass is 198 g/mol. The number of aliphatic hydroxyl groups is 1. The van der Waals surface area contributed by atoms with Gasteiger partial charge < -0.3 is 20.2 Å². The van der Waals surface area contributed by atoms with Crippen LogP contribution in [-0.2, 0) is 9.53 Å². The number of allylic oxidation sites excluding steroid dienone is 1. The van der Waals surface area contributed by atoms with E-state index in [4.69, 9.17) is 10.1 Å². The molecule has 5 heteroatoms. The lowest BCUT2D eigenvalue weighted by Gasteiger charge is -2.28. The third-order valence-electron chi connectivity index (χ3n) is 1.87. The zero-order valence-corrected chi connectivity index (χ0v) is 8.06. The van der Waals surface area contributed by atoms with Gasteiger partial charge in [0.05, 0.1) is 6.61 Å². The number of ether oxygens (including phenoxy) is 1. The van der Waals surface area contributed by atoms with Gasteiger partial charge in [0.25, 0.3) is 0 Å². The molecule has 1 atom stereocenters. The summed E-state index contributed by atoms with van der Waals surface area (Å²) in [5.74, 6) is -0.371. The Bertz CT molecular complexity index is 263. The Balaban J connectivity index is 2.48. The summed E-state index contributed by atoms with van der Waals surface area (Å²) in [4.78, 5) is 12.5. The van der Waals surface area contributed by atoms with Crippen LogP contribution in [0.5, 0.6) is 0 Å². The highest BCUT2D eigenvalue weighted by Gasteiger charge is 2.20. The zero-order valence-electron chi connectivity index (χ0n) is 8.06. The van der Waals surface area contributed by atoms with Crippen LogP contribution in [0.15, 0.2) is 12.3 Å². The second-order valence-corrected chi connectivity index (χ2v) is 3.00. The highest BCUT2D eigenvalue weighted by molar-refractivity contribution is 5.93. The first-order chi connectivity index (χ1) is 6.63. The van der Waals surface area contributed by atoms with Crippen LogP contribution in [0.4, 0.5) is 0 Å². The Morgan fingerprint density at radius 1 is 1.86 bits per heavy atom. The van der Waals surface area contributed by atoms with Crippen LogP contribution >= 0.6 is 0 Å². The van der Waals surface area contributed by atoms with Crippen molar-refractivity contribution in [3.63, 3.8) is 0 Å². The van der Waals surface area contributed by atoms with Crippen LogP contribution in [0.3, 0.4) is 0 Å². The molecule has 1 unspecified atom stereocenters. The van der Waals surface area contributed by atoms with Crippen molar-refractivity contribution in [2.45, 2.75) is 19.6 Å². The molecular formula is C9H14N2O3. The highest BCUT2D eigenvalue weighted by Crippen LogP contribution is 2.09. The van der Waals surface area contributed by atoms with Gasteiger partial charge in [0, 0.05) is 18.3 Å². The van der Waals surface area contributed by atoms with E-state index in [0.717, 1.165) is 0 Å². The lowest BCUT2D eigenvalue weighted by atomic mass is 10.1. The van der Waals surface area contributed by atoms with Crippen LogP contribution in [0.25, 0.3) is 0 Å². The van der Waals surface area contributed by atoms with Crippen LogP contribution in [-0.4, -0.2) is 41.1 Å². The van der Waals surface area contributed by atoms with Crippen molar-refractivity contribution in [1.82, 2.24) is 4.90 Å². The largest absolute Gasteiger partial charge is 0.465 e. The molecule has 0 bridgehead atoms. The summed E-state index contributed by atoms with van der Waals surface area (Å²) in [5, 5.41) is 16.8. The maximum atomic E-state index is 11.1. The predicted octanol–water partition coefficient (Wildman–Crippen LogP) is 0.107. The minimum absolute atomic E-state index is 0.0266. The summed E-state index contributed by atoms with van der Waals surface area (Å²) in [5.41, 5.74) is 0.359. The van der Waals surface area contributed by atoms with E-state index < -0.39 is 6.23 Å². The molecule has 0 aliphatic carbocycles. The van der Waals surface area contributed by atoms with Crippen molar-refractivity contribution in [3.8, 4) is 0 Å². The van der Waals surface area contributed by atoms with E-state index in [1.54, 1.807) is 13.0 Å². The van der Waals surface area contributed by atoms with Gasteiger partial charge in [0.2, 0.25) is 0 Å². The van der Waals surface area contributed by atoms with E-state index in [2.05, 4.69) is 0 Å². The van der Waals surface area contributed by atoms with Gasteiger partial charge in [-0.1, -0.05) is 0 Å². The summed E-state index contributed by atoms with van der Waals surface area (Å²) in [7, 11) is 0. The summed E-state index contributed by atoms with van der Waals surface area (Å²) in [6.45, 7) is 2.09. The Morgan fingerprint density at radius 3 is 3.14 bits per heavy atom. The number of nitrogens with zero attached hydrogens (tertiary/aromatic N) is 1. The Labute approximate surface area is 82.5 Å². The summed E-state index contributed by atoms with van der Waals surface area (Å²) >= 11 is 0. The Hall–Kier alpha value is -1.36. The van der Waals surface area contributed by atoms with Crippen molar-refractivity contribution in [2.75, 3.05) is 13.2 Å². The van der Waals surface area contributed by atoms with Gasteiger partial charge in [-0.15, -0.1) is 0 Å². The maximum absolute atomic E-state index is 11.1. The fourth-order valence-corrected chi connectivity index (χ4v) is 1.18. The first-order valence-electron chi connectivity index (χ1n) is 4.48. The lowest BCUT2D eigenvalue weighted by molar-refractivity contribution is -0.146. The molecule has 1 aliphatic heterocycles. The molecule has 0 spiro atoms. The van der Waals surface area contributed by atoms with Gasteiger partial charge in [0.15, 0.2) is 0 Å². The molecule has 5 nitrogen and oxygen atoms in total. The van der Waals surface area contributed by atoms with Crippen LogP contribution < -0.4 is 0 Å². The molecule has 0 aromatic heterocycles. The third kappa shape index (κ3) is 2.85. The molecule has 14 heavy (non-hydrogen) atoms. The molecule has 0 fully saturated rings. The van der Waals surface area contributed by atoms with Crippen molar-refractivity contribution in [2.24, 2.45) is 0 Å². The molecule has 1 aliphatic rings. The molecule has 0 radical (unpaired) electrons. The average molecular weight is 198 g/mol. The second kappa shape index (κ2) is 4.76. The van der Waals surface area contributed by atoms with E-state index in [9.17, 15) is 9.90 Å². The van der Waals surface area contributed by atoms with Crippen molar-refractivity contribution < 1.29 is 14.6 Å². The maximum Gasteiger partial charge on any atom is 0.325 e.